The van der Waals surface area contributed by atoms with E-state index in [0.717, 1.165) is 90.1 Å². The summed E-state index contributed by atoms with van der Waals surface area (Å²) in [7, 11) is 1.29. The van der Waals surface area contributed by atoms with Gasteiger partial charge in [0.25, 0.3) is 11.8 Å². The van der Waals surface area contributed by atoms with Gasteiger partial charge in [-0.1, -0.05) is 66.7 Å². The van der Waals surface area contributed by atoms with E-state index in [0.29, 0.717) is 24.5 Å². The maximum absolute atomic E-state index is 13.9. The number of aromatic amines is 2. The number of aromatic nitrogens is 4. The Morgan fingerprint density at radius 3 is 2.07 bits per heavy atom. The van der Waals surface area contributed by atoms with E-state index in [1.54, 1.807) is 4.90 Å². The zero-order valence-electron chi connectivity index (χ0n) is 30.6. The fraction of sp³-hybridized carbons (Fsp3) is 0.357. The number of H-pyrrole nitrogens is 2. The van der Waals surface area contributed by atoms with Gasteiger partial charge in [-0.05, 0) is 84.9 Å². The highest BCUT2D eigenvalue weighted by atomic mass is 16.5. The number of rotatable bonds is 9. The third kappa shape index (κ3) is 7.01. The molecule has 5 heterocycles. The molecule has 54 heavy (non-hydrogen) atoms. The number of alkyl carbamates (subject to hydrolysis) is 1. The molecule has 3 aliphatic heterocycles. The van der Waals surface area contributed by atoms with Crippen molar-refractivity contribution in [3.8, 4) is 33.6 Å². The Morgan fingerprint density at radius 1 is 0.796 bits per heavy atom. The van der Waals surface area contributed by atoms with Gasteiger partial charge in [0.1, 0.15) is 23.8 Å². The first-order chi connectivity index (χ1) is 26.4. The summed E-state index contributed by atoms with van der Waals surface area (Å²) in [5, 5.41) is 2.72. The minimum absolute atomic E-state index is 0.0535. The van der Waals surface area contributed by atoms with Crippen molar-refractivity contribution >= 4 is 17.9 Å². The average Bonchev–Trinajstić information content (AvgIpc) is 4.06. The summed E-state index contributed by atoms with van der Waals surface area (Å²) in [6.07, 6.45) is 7.88. The fourth-order valence-electron chi connectivity index (χ4n) is 8.15. The monoisotopic (exact) mass is 727 g/mol. The molecule has 3 saturated heterocycles. The van der Waals surface area contributed by atoms with Crippen molar-refractivity contribution in [1.29, 1.82) is 0 Å². The summed E-state index contributed by atoms with van der Waals surface area (Å²) in [6.45, 7) is 4.07. The molecule has 3 N–H and O–H groups in total. The molecule has 12 nitrogen and oxygen atoms in total. The number of nitrogens with zero attached hydrogens (tertiary/aromatic N) is 4. The largest absolute Gasteiger partial charge is 0.453 e. The van der Waals surface area contributed by atoms with Crippen LogP contribution >= 0.6 is 0 Å². The molecule has 0 saturated carbocycles. The lowest BCUT2D eigenvalue weighted by atomic mass is 9.96. The van der Waals surface area contributed by atoms with E-state index >= 15 is 0 Å². The number of carbonyl (C=O) groups is 3. The Balaban J connectivity index is 0.948. The Kier molecular flexibility index (Phi) is 10.0. The molecule has 3 aromatic carbocycles. The summed E-state index contributed by atoms with van der Waals surface area (Å²) in [6, 6.07) is 22.8. The SMILES string of the molecule is COC(=O)N[C@@H](C(=O)N1CCC[C@H]1c1ncc(-c2ccc(-c3ccc(-c4cnc([C@@H]5CCCN5C(=O)[C@@H]5CCCO5)[nH]4)cc3C)cc2)[nH]1)c1ccccc1. The van der Waals surface area contributed by atoms with Crippen LogP contribution in [-0.2, 0) is 19.1 Å². The normalized spacial score (nSPS) is 20.3. The number of aryl methyl sites for hydroxylation is 1. The van der Waals surface area contributed by atoms with Crippen molar-refractivity contribution in [3.63, 3.8) is 0 Å². The highest BCUT2D eigenvalue weighted by molar-refractivity contribution is 5.87. The molecule has 5 aromatic rings. The van der Waals surface area contributed by atoms with Crippen molar-refractivity contribution in [2.45, 2.75) is 69.7 Å². The Morgan fingerprint density at radius 2 is 1.43 bits per heavy atom. The predicted octanol–water partition coefficient (Wildman–Crippen LogP) is 7.05. The van der Waals surface area contributed by atoms with Gasteiger partial charge in [-0.25, -0.2) is 14.8 Å². The maximum atomic E-state index is 13.9. The summed E-state index contributed by atoms with van der Waals surface area (Å²) in [5.74, 6) is 1.43. The van der Waals surface area contributed by atoms with Crippen LogP contribution in [-0.4, -0.2) is 80.6 Å². The minimum atomic E-state index is -0.868. The number of hydrogen-bond donors (Lipinski definition) is 3. The van der Waals surface area contributed by atoms with Crippen LogP contribution in [0.25, 0.3) is 33.6 Å². The van der Waals surface area contributed by atoms with Crippen LogP contribution < -0.4 is 5.32 Å². The van der Waals surface area contributed by atoms with E-state index in [1.165, 1.54) is 7.11 Å². The van der Waals surface area contributed by atoms with E-state index in [-0.39, 0.29) is 30.0 Å². The van der Waals surface area contributed by atoms with Crippen LogP contribution in [0.3, 0.4) is 0 Å². The Hall–Kier alpha value is -5.75. The summed E-state index contributed by atoms with van der Waals surface area (Å²) < 4.78 is 10.5. The Bertz CT molecular complexity index is 2120. The zero-order chi connectivity index (χ0) is 37.2. The second-order valence-corrected chi connectivity index (χ2v) is 14.3. The molecule has 12 heteroatoms. The van der Waals surface area contributed by atoms with Gasteiger partial charge in [0.2, 0.25) is 0 Å². The van der Waals surface area contributed by atoms with Crippen molar-refractivity contribution in [3.05, 3.63) is 108 Å². The van der Waals surface area contributed by atoms with Gasteiger partial charge in [-0.3, -0.25) is 9.59 Å². The molecule has 0 radical (unpaired) electrons. The van der Waals surface area contributed by atoms with Crippen molar-refractivity contribution in [2.75, 3.05) is 26.8 Å². The number of benzene rings is 3. The number of nitrogens with one attached hydrogen (secondary N) is 3. The first-order valence-corrected chi connectivity index (χ1v) is 18.8. The van der Waals surface area contributed by atoms with Crippen LogP contribution in [0.4, 0.5) is 4.79 Å². The molecule has 3 aliphatic rings. The predicted molar refractivity (Wildman–Crippen MR) is 203 cm³/mol. The summed E-state index contributed by atoms with van der Waals surface area (Å²) in [4.78, 5) is 59.4. The first-order valence-electron chi connectivity index (χ1n) is 18.8. The topological polar surface area (TPSA) is 146 Å². The molecule has 2 aromatic heterocycles. The molecule has 8 rings (SSSR count). The molecule has 0 aliphatic carbocycles. The van der Waals surface area contributed by atoms with E-state index in [4.69, 9.17) is 19.4 Å². The second kappa shape index (κ2) is 15.3. The quantitative estimate of drug-likeness (QED) is 0.148. The van der Waals surface area contributed by atoms with Gasteiger partial charge >= 0.3 is 6.09 Å². The molecular formula is C42H45N7O5. The standard InChI is InChI=1S/C42H45N7O5/c1-26-23-30(33-25-44-38(46-33)34-11-6-20-48(34)40(50)36-13-8-22-54-36)18-19-31(26)27-14-16-28(17-15-27)32-24-43-39(45-32)35-12-7-21-49(35)41(51)37(47-42(52)53-2)29-9-4-3-5-10-29/h3-5,9-10,14-19,23-25,34-37H,6-8,11-13,20-22H2,1-2H3,(H,43,45)(H,44,46)(H,47,52)/t34-,35-,36-,37+/m0/s1. The number of likely N-dealkylation sites (tertiary alicyclic amines) is 2. The molecule has 3 fully saturated rings. The van der Waals surface area contributed by atoms with Crippen LogP contribution in [0.15, 0.2) is 85.2 Å². The van der Waals surface area contributed by atoms with Crippen LogP contribution in [0.1, 0.15) is 79.4 Å². The molecular weight excluding hydrogens is 683 g/mol. The lowest BCUT2D eigenvalue weighted by molar-refractivity contribution is -0.142. The van der Waals surface area contributed by atoms with Gasteiger partial charge in [0, 0.05) is 19.7 Å². The number of ether oxygens (including phenoxy) is 2. The molecule has 0 unspecified atom stereocenters. The Labute approximate surface area is 314 Å². The molecule has 278 valence electrons. The van der Waals surface area contributed by atoms with Crippen molar-refractivity contribution < 1.29 is 23.9 Å². The summed E-state index contributed by atoms with van der Waals surface area (Å²) in [5.41, 5.74) is 7.88. The molecule has 3 amide bonds. The highest BCUT2D eigenvalue weighted by Crippen LogP contribution is 2.36. The van der Waals surface area contributed by atoms with Crippen LogP contribution in [0.2, 0.25) is 0 Å². The molecule has 0 spiro atoms. The minimum Gasteiger partial charge on any atom is -0.453 e. The average molecular weight is 728 g/mol. The summed E-state index contributed by atoms with van der Waals surface area (Å²) >= 11 is 0. The van der Waals surface area contributed by atoms with E-state index in [1.807, 2.05) is 47.6 Å². The van der Waals surface area contributed by atoms with E-state index < -0.39 is 12.1 Å². The number of methoxy groups -OCH3 is 1. The van der Waals surface area contributed by atoms with Crippen molar-refractivity contribution in [1.82, 2.24) is 35.1 Å². The third-order valence-corrected chi connectivity index (χ3v) is 11.0. The number of imidazole rings is 2. The number of hydrogen-bond acceptors (Lipinski definition) is 7. The molecule has 4 atom stereocenters. The smallest absolute Gasteiger partial charge is 0.407 e. The van der Waals surface area contributed by atoms with Crippen LogP contribution in [0.5, 0.6) is 0 Å². The number of amides is 3. The lowest BCUT2D eigenvalue weighted by Gasteiger charge is -2.28. The van der Waals surface area contributed by atoms with E-state index in [9.17, 15) is 14.4 Å². The number of carbonyl (C=O) groups excluding carboxylic acids is 3. The van der Waals surface area contributed by atoms with Gasteiger partial charge in [0.05, 0.1) is 43.0 Å². The zero-order valence-corrected chi connectivity index (χ0v) is 30.6. The van der Waals surface area contributed by atoms with Crippen LogP contribution in [0, 0.1) is 6.92 Å². The van der Waals surface area contributed by atoms with Gasteiger partial charge in [0.15, 0.2) is 0 Å². The van der Waals surface area contributed by atoms with Crippen molar-refractivity contribution in [2.24, 2.45) is 0 Å². The third-order valence-electron chi connectivity index (χ3n) is 11.0. The highest BCUT2D eigenvalue weighted by Gasteiger charge is 2.38. The van der Waals surface area contributed by atoms with Gasteiger partial charge < -0.3 is 34.6 Å². The second-order valence-electron chi connectivity index (χ2n) is 14.3. The van der Waals surface area contributed by atoms with E-state index in [2.05, 4.69) is 64.7 Å². The van der Waals surface area contributed by atoms with Gasteiger partial charge in [-0.2, -0.15) is 0 Å². The first kappa shape index (κ1) is 35.3. The maximum Gasteiger partial charge on any atom is 0.407 e. The fourth-order valence-corrected chi connectivity index (χ4v) is 8.15. The van der Waals surface area contributed by atoms with Gasteiger partial charge in [-0.15, -0.1) is 0 Å². The lowest BCUT2D eigenvalue weighted by Crippen LogP contribution is -2.42. The molecule has 0 bridgehead atoms.